The van der Waals surface area contributed by atoms with Gasteiger partial charge in [0.1, 0.15) is 11.2 Å². The lowest BCUT2D eigenvalue weighted by atomic mass is 9.97. The van der Waals surface area contributed by atoms with Gasteiger partial charge in [0.15, 0.2) is 23.1 Å². The summed E-state index contributed by atoms with van der Waals surface area (Å²) in [6, 6.07) is 11.8. The van der Waals surface area contributed by atoms with E-state index in [1.807, 2.05) is 6.55 Å². The molecule has 16 nitrogen and oxygen atoms in total. The fraction of sp³-hybridized carbons (Fsp3) is 0.575. The smallest absolute Gasteiger partial charge is 0.382 e. The van der Waals surface area contributed by atoms with Crippen LogP contribution in [0.4, 0.5) is 0 Å². The molecule has 318 valence electrons. The van der Waals surface area contributed by atoms with Gasteiger partial charge in [-0.25, -0.2) is 14.4 Å². The number of rotatable bonds is 30. The normalized spacial score (nSPS) is 11.8. The van der Waals surface area contributed by atoms with Gasteiger partial charge in [0.2, 0.25) is 0 Å². The summed E-state index contributed by atoms with van der Waals surface area (Å²) >= 11 is 0. The average molecular weight is 823 g/mol. The van der Waals surface area contributed by atoms with Crippen molar-refractivity contribution < 1.29 is 76.8 Å². The van der Waals surface area contributed by atoms with Crippen LogP contribution in [0.15, 0.2) is 48.5 Å². The molecule has 0 heterocycles. The minimum absolute atomic E-state index is 0.119. The minimum atomic E-state index is -3.06. The molecule has 0 aliphatic heterocycles. The van der Waals surface area contributed by atoms with Crippen LogP contribution in [-0.4, -0.2) is 86.6 Å². The second-order valence-electron chi connectivity index (χ2n) is 14.4. The molecule has 0 bridgehead atoms. The highest BCUT2D eigenvalue weighted by Crippen LogP contribution is 2.20. The topological polar surface area (TPSA) is 209 Å². The Labute approximate surface area is 335 Å². The summed E-state index contributed by atoms with van der Waals surface area (Å²) in [4.78, 5) is 88.9. The van der Waals surface area contributed by atoms with Gasteiger partial charge >= 0.3 is 26.7 Å². The molecule has 0 aliphatic carbocycles. The predicted molar refractivity (Wildman–Crippen MR) is 206 cm³/mol. The van der Waals surface area contributed by atoms with Gasteiger partial charge in [-0.15, -0.1) is 0 Å². The predicted octanol–water partition coefficient (Wildman–Crippen LogP) is 6.37. The zero-order valence-electron chi connectivity index (χ0n) is 33.8. The lowest BCUT2D eigenvalue weighted by Gasteiger charge is -2.26. The molecule has 0 atom stereocenters. The first-order valence-corrected chi connectivity index (χ1v) is 21.3. The molecule has 2 rings (SSSR count). The third kappa shape index (κ3) is 20.7. The van der Waals surface area contributed by atoms with Gasteiger partial charge in [-0.3, -0.25) is 34.0 Å². The molecular weight excluding hydrogens is 765 g/mol. The van der Waals surface area contributed by atoms with E-state index >= 15 is 0 Å². The molecule has 0 amide bonds. The monoisotopic (exact) mass is 822 g/mol. The van der Waals surface area contributed by atoms with E-state index in [1.165, 1.54) is 83.3 Å². The second-order valence-corrected chi connectivity index (χ2v) is 17.0. The zero-order valence-corrected chi connectivity index (χ0v) is 34.8. The molecule has 57 heavy (non-hydrogen) atoms. The Bertz CT molecular complexity index is 1430. The number of unbranched alkanes of at least 4 members (excludes halogenated alkanes) is 6. The van der Waals surface area contributed by atoms with Crippen molar-refractivity contribution in [2.75, 3.05) is 26.9 Å². The molecular formula is C40H58O16Si. The third-order valence-electron chi connectivity index (χ3n) is 8.15. The molecule has 17 heteroatoms. The van der Waals surface area contributed by atoms with E-state index < -0.39 is 49.5 Å². The number of hydrogen-bond acceptors (Lipinski definition) is 16. The molecule has 0 unspecified atom stereocenters. The van der Waals surface area contributed by atoms with E-state index in [9.17, 15) is 34.2 Å². The Hall–Kier alpha value is -4.23. The lowest BCUT2D eigenvalue weighted by Crippen LogP contribution is -2.43. The molecule has 2 aromatic carbocycles. The molecule has 0 saturated carbocycles. The van der Waals surface area contributed by atoms with Crippen LogP contribution in [0.2, 0.25) is 6.55 Å². The zero-order chi connectivity index (χ0) is 42.3. The first-order chi connectivity index (χ1) is 26.9. The number of carbonyl (C=O) groups is 5. The molecule has 2 N–H and O–H groups in total. The quantitative estimate of drug-likeness (QED) is 0.0288. The van der Waals surface area contributed by atoms with Crippen LogP contribution < -0.4 is 9.78 Å². The van der Waals surface area contributed by atoms with Crippen LogP contribution in [0.5, 0.6) is 11.5 Å². The number of ketones is 2. The Balaban J connectivity index is 1.70. The Morgan fingerprint density at radius 1 is 0.509 bits per heavy atom. The van der Waals surface area contributed by atoms with E-state index in [2.05, 4.69) is 9.78 Å². The van der Waals surface area contributed by atoms with E-state index in [0.717, 1.165) is 6.42 Å². The maximum atomic E-state index is 12.2. The molecule has 0 saturated heterocycles. The number of carbonyl (C=O) groups excluding carboxylic acids is 5. The summed E-state index contributed by atoms with van der Waals surface area (Å²) in [6.45, 7) is 8.48. The van der Waals surface area contributed by atoms with Crippen molar-refractivity contribution >= 4 is 38.3 Å². The fourth-order valence-corrected chi connectivity index (χ4v) is 6.77. The van der Waals surface area contributed by atoms with Gasteiger partial charge in [0.25, 0.3) is 0 Å². The number of aliphatic hydroxyl groups is 2. The standard InChI is InChI=1S/C40H58O16Si/c1-39(2,46)37(44)30-19-23-32(24-20-30)52-55-35(42)17-11-8-14-28-50-57(6,49-27-13-7-10-16-34(41)54-48-5)51-29-15-9-12-18-36(43)56-53-33-25-21-31(22-26-33)38(45)40(3,4)47/h19-26,46-47H,7-18,27-29H2,1-6H3. The van der Waals surface area contributed by atoms with Gasteiger partial charge in [0.05, 0.1) is 20.0 Å². The first kappa shape index (κ1) is 48.9. The lowest BCUT2D eigenvalue weighted by molar-refractivity contribution is -0.255. The van der Waals surface area contributed by atoms with Gasteiger partial charge in [-0.05, 0) is 115 Å². The minimum Gasteiger partial charge on any atom is -0.382 e. The number of benzene rings is 2. The Kier molecular flexibility index (Phi) is 21.6. The van der Waals surface area contributed by atoms with Crippen LogP contribution in [0.25, 0.3) is 0 Å². The number of hydrogen-bond donors (Lipinski definition) is 2. The van der Waals surface area contributed by atoms with E-state index in [4.69, 9.17) is 32.8 Å². The van der Waals surface area contributed by atoms with Crippen molar-refractivity contribution in [3.05, 3.63) is 59.7 Å². The van der Waals surface area contributed by atoms with E-state index in [1.54, 1.807) is 0 Å². The van der Waals surface area contributed by atoms with Crippen LogP contribution in [0.3, 0.4) is 0 Å². The summed E-state index contributed by atoms with van der Waals surface area (Å²) in [5.41, 5.74) is -2.42. The van der Waals surface area contributed by atoms with Gasteiger partial charge in [-0.2, -0.15) is 4.89 Å². The molecule has 2 aromatic rings. The summed E-state index contributed by atoms with van der Waals surface area (Å²) in [5, 5.41) is 19.8. The highest BCUT2D eigenvalue weighted by atomic mass is 28.4. The Morgan fingerprint density at radius 3 is 1.12 bits per heavy atom. The van der Waals surface area contributed by atoms with Crippen molar-refractivity contribution in [1.82, 2.24) is 0 Å². The van der Waals surface area contributed by atoms with E-state index in [0.29, 0.717) is 82.3 Å². The molecule has 0 aliphatic rings. The van der Waals surface area contributed by atoms with E-state index in [-0.39, 0.29) is 30.8 Å². The van der Waals surface area contributed by atoms with Crippen LogP contribution >= 0.6 is 0 Å². The van der Waals surface area contributed by atoms with Crippen molar-refractivity contribution in [2.45, 2.75) is 122 Å². The van der Waals surface area contributed by atoms with Crippen LogP contribution in [0, 0.1) is 0 Å². The molecule has 0 radical (unpaired) electrons. The Morgan fingerprint density at radius 2 is 0.825 bits per heavy atom. The summed E-state index contributed by atoms with van der Waals surface area (Å²) in [5.74, 6) is -1.96. The molecule has 0 aromatic heterocycles. The summed E-state index contributed by atoms with van der Waals surface area (Å²) in [6.07, 6.45) is 6.13. The van der Waals surface area contributed by atoms with Crippen LogP contribution in [0.1, 0.15) is 125 Å². The molecule has 0 fully saturated rings. The fourth-order valence-electron chi connectivity index (χ4n) is 4.98. The van der Waals surface area contributed by atoms with Crippen molar-refractivity contribution in [3.8, 4) is 11.5 Å². The second kappa shape index (κ2) is 25.2. The van der Waals surface area contributed by atoms with Crippen LogP contribution in [-0.2, 0) is 47.2 Å². The highest BCUT2D eigenvalue weighted by molar-refractivity contribution is 6.59. The average Bonchev–Trinajstić information content (AvgIpc) is 3.16. The van der Waals surface area contributed by atoms with Crippen molar-refractivity contribution in [1.29, 1.82) is 0 Å². The van der Waals surface area contributed by atoms with Crippen molar-refractivity contribution in [2.24, 2.45) is 0 Å². The van der Waals surface area contributed by atoms with Gasteiger partial charge < -0.3 is 23.5 Å². The summed E-state index contributed by atoms with van der Waals surface area (Å²) < 4.78 is 18.4. The summed E-state index contributed by atoms with van der Waals surface area (Å²) in [7, 11) is -1.78. The third-order valence-corrected chi connectivity index (χ3v) is 10.3. The maximum Gasteiger partial charge on any atom is 0.497 e. The SMILES string of the molecule is COOC(=O)CCCCCO[Si](C)(OCCCCCC(=O)OOc1ccc(C(=O)C(C)(C)O)cc1)OCCCCCC(=O)OOc1ccc(C(=O)C(C)(C)O)cc1. The van der Waals surface area contributed by atoms with Crippen molar-refractivity contribution in [3.63, 3.8) is 0 Å². The van der Waals surface area contributed by atoms with Gasteiger partial charge in [-0.1, -0.05) is 19.3 Å². The first-order valence-electron chi connectivity index (χ1n) is 19.1. The number of Topliss-reactive ketones (excluding diaryl/α,β-unsaturated/α-hetero) is 2. The maximum absolute atomic E-state index is 12.2. The van der Waals surface area contributed by atoms with Gasteiger partial charge in [0, 0.05) is 43.9 Å². The largest absolute Gasteiger partial charge is 0.497 e. The highest BCUT2D eigenvalue weighted by Gasteiger charge is 2.34. The molecule has 0 spiro atoms.